The van der Waals surface area contributed by atoms with Crippen LogP contribution < -0.4 is 15.4 Å². The highest BCUT2D eigenvalue weighted by Crippen LogP contribution is 2.46. The lowest BCUT2D eigenvalue weighted by Crippen LogP contribution is -2.35. The van der Waals surface area contributed by atoms with E-state index in [4.69, 9.17) is 10.5 Å². The maximum atomic E-state index is 11.9. The summed E-state index contributed by atoms with van der Waals surface area (Å²) in [5.74, 6) is 1.98. The van der Waals surface area contributed by atoms with Gasteiger partial charge in [-0.15, -0.1) is 0 Å². The van der Waals surface area contributed by atoms with Gasteiger partial charge in [0.1, 0.15) is 5.75 Å². The number of carbonyl (C=O) groups is 1. The second-order valence-corrected chi connectivity index (χ2v) is 8.10. The van der Waals surface area contributed by atoms with E-state index >= 15 is 0 Å². The third-order valence-corrected chi connectivity index (χ3v) is 5.64. The van der Waals surface area contributed by atoms with Gasteiger partial charge in [-0.2, -0.15) is 0 Å². The van der Waals surface area contributed by atoms with E-state index < -0.39 is 0 Å². The first-order valence-electron chi connectivity index (χ1n) is 8.60. The van der Waals surface area contributed by atoms with Crippen molar-refractivity contribution in [1.29, 1.82) is 0 Å². The van der Waals surface area contributed by atoms with Crippen molar-refractivity contribution in [2.45, 2.75) is 52.4 Å². The lowest BCUT2D eigenvalue weighted by atomic mass is 9.68. The van der Waals surface area contributed by atoms with E-state index in [1.807, 2.05) is 6.07 Å². The van der Waals surface area contributed by atoms with Crippen molar-refractivity contribution < 1.29 is 9.53 Å². The average molecular weight is 316 g/mol. The number of nitrogens with zero attached hydrogens (tertiary/aromatic N) is 1. The van der Waals surface area contributed by atoms with Crippen molar-refractivity contribution in [1.82, 2.24) is 0 Å². The summed E-state index contributed by atoms with van der Waals surface area (Å²) in [6.07, 6.45) is 4.83. The maximum absolute atomic E-state index is 11.9. The Hall–Kier alpha value is -1.71. The third-order valence-electron chi connectivity index (χ3n) is 5.64. The van der Waals surface area contributed by atoms with Gasteiger partial charge in [0.05, 0.1) is 5.69 Å². The Labute approximate surface area is 139 Å². The standard InChI is InChI=1S/C19H28N2O2/c1-19(2,3)13-7-5-12(6-8-13)14-9-16-17(10-15(14)20)23-11-18(22)21(16)4/h9-10,12-13H,5-8,11,20H2,1-4H3. The fraction of sp³-hybridized carbons (Fsp3) is 0.632. The van der Waals surface area contributed by atoms with Crippen molar-refractivity contribution in [3.63, 3.8) is 0 Å². The molecule has 0 spiro atoms. The van der Waals surface area contributed by atoms with E-state index in [0.29, 0.717) is 11.3 Å². The van der Waals surface area contributed by atoms with E-state index in [0.717, 1.165) is 23.0 Å². The van der Waals surface area contributed by atoms with Crippen molar-refractivity contribution in [2.24, 2.45) is 11.3 Å². The van der Waals surface area contributed by atoms with Crippen LogP contribution >= 0.6 is 0 Å². The van der Waals surface area contributed by atoms with Crippen LogP contribution in [0.1, 0.15) is 57.9 Å². The van der Waals surface area contributed by atoms with Crippen LogP contribution in [0, 0.1) is 11.3 Å². The van der Waals surface area contributed by atoms with Crippen LogP contribution in [0.25, 0.3) is 0 Å². The summed E-state index contributed by atoms with van der Waals surface area (Å²) in [6, 6.07) is 3.97. The zero-order valence-electron chi connectivity index (χ0n) is 14.7. The van der Waals surface area contributed by atoms with Gasteiger partial charge in [0.2, 0.25) is 0 Å². The molecule has 2 aliphatic rings. The maximum Gasteiger partial charge on any atom is 0.264 e. The van der Waals surface area contributed by atoms with Crippen LogP contribution in [0.4, 0.5) is 11.4 Å². The van der Waals surface area contributed by atoms with Gasteiger partial charge in [0, 0.05) is 18.8 Å². The predicted molar refractivity (Wildman–Crippen MR) is 93.9 cm³/mol. The minimum Gasteiger partial charge on any atom is -0.481 e. The third kappa shape index (κ3) is 3.04. The molecule has 1 aromatic rings. The summed E-state index contributed by atoms with van der Waals surface area (Å²) < 4.78 is 5.52. The molecule has 2 N–H and O–H groups in total. The van der Waals surface area contributed by atoms with Crippen molar-refractivity contribution in [3.05, 3.63) is 17.7 Å². The predicted octanol–water partition coefficient (Wildman–Crippen LogP) is 3.94. The molecule has 1 fully saturated rings. The number of nitrogen functional groups attached to an aromatic ring is 1. The van der Waals surface area contributed by atoms with Gasteiger partial charge >= 0.3 is 0 Å². The Kier molecular flexibility index (Phi) is 4.03. The number of amides is 1. The van der Waals surface area contributed by atoms with E-state index in [2.05, 4.69) is 26.8 Å². The highest BCUT2D eigenvalue weighted by Gasteiger charge is 2.32. The fourth-order valence-electron chi connectivity index (χ4n) is 3.97. The second-order valence-electron chi connectivity index (χ2n) is 8.10. The first-order valence-corrected chi connectivity index (χ1v) is 8.60. The molecule has 23 heavy (non-hydrogen) atoms. The molecule has 1 aliphatic carbocycles. The molecule has 126 valence electrons. The number of hydrogen-bond donors (Lipinski definition) is 1. The lowest BCUT2D eigenvalue weighted by molar-refractivity contribution is -0.120. The minimum atomic E-state index is -0.00957. The van der Waals surface area contributed by atoms with Crippen LogP contribution in [-0.2, 0) is 4.79 Å². The number of carbonyl (C=O) groups excluding carboxylic acids is 1. The fourth-order valence-corrected chi connectivity index (χ4v) is 3.97. The van der Waals surface area contributed by atoms with E-state index in [9.17, 15) is 4.79 Å². The molecule has 1 saturated carbocycles. The number of rotatable bonds is 1. The summed E-state index contributed by atoms with van der Waals surface area (Å²) in [7, 11) is 1.81. The molecule has 1 amide bonds. The Balaban J connectivity index is 1.83. The molecular weight excluding hydrogens is 288 g/mol. The topological polar surface area (TPSA) is 55.6 Å². The van der Waals surface area contributed by atoms with Gasteiger partial charge in [-0.3, -0.25) is 4.79 Å². The molecule has 0 radical (unpaired) electrons. The summed E-state index contributed by atoms with van der Waals surface area (Å²) in [5, 5.41) is 0. The normalized spacial score (nSPS) is 25.0. The smallest absolute Gasteiger partial charge is 0.264 e. The van der Waals surface area contributed by atoms with Crippen molar-refractivity contribution >= 4 is 17.3 Å². The summed E-state index contributed by atoms with van der Waals surface area (Å²) in [6.45, 7) is 7.11. The van der Waals surface area contributed by atoms with Crippen LogP contribution in [0.5, 0.6) is 5.75 Å². The molecule has 4 heteroatoms. The molecule has 0 aromatic heterocycles. The minimum absolute atomic E-state index is 0.00957. The van der Waals surface area contributed by atoms with Gasteiger partial charge in [-0.1, -0.05) is 20.8 Å². The van der Waals surface area contributed by atoms with Crippen LogP contribution in [-0.4, -0.2) is 19.6 Å². The highest BCUT2D eigenvalue weighted by atomic mass is 16.5. The summed E-state index contributed by atoms with van der Waals surface area (Å²) in [5.41, 5.74) is 9.50. The van der Waals surface area contributed by atoms with Crippen molar-refractivity contribution in [3.8, 4) is 5.75 Å². The van der Waals surface area contributed by atoms with E-state index in [-0.39, 0.29) is 12.5 Å². The molecular formula is C19H28N2O2. The monoisotopic (exact) mass is 316 g/mol. The zero-order valence-corrected chi connectivity index (χ0v) is 14.7. The van der Waals surface area contributed by atoms with Crippen LogP contribution in [0.2, 0.25) is 0 Å². The molecule has 1 heterocycles. The number of likely N-dealkylation sites (N-methyl/N-ethyl adjacent to an activating group) is 1. The lowest BCUT2D eigenvalue weighted by Gasteiger charge is -2.37. The quantitative estimate of drug-likeness (QED) is 0.798. The van der Waals surface area contributed by atoms with Gasteiger partial charge in [-0.05, 0) is 54.6 Å². The Bertz CT molecular complexity index is 611. The summed E-state index contributed by atoms with van der Waals surface area (Å²) >= 11 is 0. The second kappa shape index (κ2) is 5.73. The Morgan fingerprint density at radius 3 is 2.43 bits per heavy atom. The first kappa shape index (κ1) is 16.2. The number of hydrogen-bond acceptors (Lipinski definition) is 3. The van der Waals surface area contributed by atoms with Crippen molar-refractivity contribution in [2.75, 3.05) is 24.3 Å². The summed E-state index contributed by atoms with van der Waals surface area (Å²) in [4.78, 5) is 13.5. The van der Waals surface area contributed by atoms with Crippen LogP contribution in [0.15, 0.2) is 12.1 Å². The average Bonchev–Trinajstić information content (AvgIpc) is 2.50. The van der Waals surface area contributed by atoms with E-state index in [1.165, 1.54) is 31.2 Å². The Morgan fingerprint density at radius 1 is 1.17 bits per heavy atom. The zero-order chi connectivity index (χ0) is 16.8. The number of anilines is 2. The van der Waals surface area contributed by atoms with Gasteiger partial charge in [0.25, 0.3) is 5.91 Å². The number of benzene rings is 1. The van der Waals surface area contributed by atoms with Gasteiger partial charge in [0.15, 0.2) is 6.61 Å². The SMILES string of the molecule is CN1C(=O)COc2cc(N)c(C3CCC(C(C)(C)C)CC3)cc21. The molecule has 1 aromatic carbocycles. The van der Waals surface area contributed by atoms with Gasteiger partial charge < -0.3 is 15.4 Å². The molecule has 0 atom stereocenters. The van der Waals surface area contributed by atoms with Crippen LogP contribution in [0.3, 0.4) is 0 Å². The van der Waals surface area contributed by atoms with Gasteiger partial charge in [-0.25, -0.2) is 0 Å². The first-order chi connectivity index (χ1) is 10.8. The molecule has 0 unspecified atom stereocenters. The molecule has 4 nitrogen and oxygen atoms in total. The van der Waals surface area contributed by atoms with E-state index in [1.54, 1.807) is 11.9 Å². The highest BCUT2D eigenvalue weighted by molar-refractivity contribution is 5.97. The molecule has 0 saturated heterocycles. The molecule has 0 bridgehead atoms. The largest absolute Gasteiger partial charge is 0.481 e. The number of ether oxygens (including phenoxy) is 1. The number of nitrogens with two attached hydrogens (primary N) is 1. The number of fused-ring (bicyclic) bond motifs is 1. The Morgan fingerprint density at radius 2 is 1.83 bits per heavy atom. The molecule has 1 aliphatic heterocycles. The molecule has 3 rings (SSSR count).